The van der Waals surface area contributed by atoms with Gasteiger partial charge in [-0.05, 0) is 37.3 Å². The van der Waals surface area contributed by atoms with Gasteiger partial charge in [0.25, 0.3) is 5.91 Å². The smallest absolute Gasteiger partial charge is 0.267 e. The van der Waals surface area contributed by atoms with Crippen LogP contribution in [-0.4, -0.2) is 18.0 Å². The van der Waals surface area contributed by atoms with E-state index in [1.54, 1.807) is 24.3 Å². The number of hydrogen-bond donors (Lipinski definition) is 2. The van der Waals surface area contributed by atoms with Gasteiger partial charge in [-0.25, -0.2) is 4.98 Å². The van der Waals surface area contributed by atoms with Crippen LogP contribution in [0, 0.1) is 18.3 Å². The molecule has 1 amide bonds. The van der Waals surface area contributed by atoms with Gasteiger partial charge in [0.05, 0.1) is 12.1 Å². The molecule has 2 N–H and O–H groups in total. The third-order valence-corrected chi connectivity index (χ3v) is 3.32. The number of rotatable bonds is 5. The Labute approximate surface area is 144 Å². The summed E-state index contributed by atoms with van der Waals surface area (Å²) < 4.78 is 5.05. The van der Waals surface area contributed by atoms with Crippen molar-refractivity contribution in [2.75, 3.05) is 17.7 Å². The number of amides is 1. The molecule has 0 aliphatic heterocycles. The standard InChI is InChI=1S/C17H15ClN4O2/c1-11-4-3-5-16(21-11)20-10-12(9-19)17(23)22-13-6-7-15(24-2)14(18)8-13/h3-8,10H,1-2H3,(H,20,21)(H,22,23)/b12-10-. The molecule has 7 heteroatoms. The molecule has 0 radical (unpaired) electrons. The summed E-state index contributed by atoms with van der Waals surface area (Å²) in [7, 11) is 1.50. The molecule has 122 valence electrons. The van der Waals surface area contributed by atoms with Crippen LogP contribution in [0.1, 0.15) is 5.69 Å². The zero-order valence-corrected chi connectivity index (χ0v) is 13.9. The third-order valence-electron chi connectivity index (χ3n) is 3.03. The molecule has 0 spiro atoms. The van der Waals surface area contributed by atoms with Gasteiger partial charge in [-0.2, -0.15) is 5.26 Å². The molecule has 1 aromatic carbocycles. The van der Waals surface area contributed by atoms with Gasteiger partial charge in [-0.1, -0.05) is 17.7 Å². The van der Waals surface area contributed by atoms with Crippen molar-refractivity contribution in [2.45, 2.75) is 6.92 Å². The summed E-state index contributed by atoms with van der Waals surface area (Å²) in [6.45, 7) is 1.85. The Bertz CT molecular complexity index is 828. The van der Waals surface area contributed by atoms with Crippen LogP contribution in [-0.2, 0) is 4.79 Å². The lowest BCUT2D eigenvalue weighted by atomic mass is 10.2. The van der Waals surface area contributed by atoms with E-state index in [2.05, 4.69) is 15.6 Å². The lowest BCUT2D eigenvalue weighted by Crippen LogP contribution is -2.14. The van der Waals surface area contributed by atoms with Crippen molar-refractivity contribution in [3.8, 4) is 11.8 Å². The van der Waals surface area contributed by atoms with Gasteiger partial charge in [-0.15, -0.1) is 0 Å². The number of methoxy groups -OCH3 is 1. The molecule has 0 aliphatic rings. The van der Waals surface area contributed by atoms with Crippen molar-refractivity contribution in [1.29, 1.82) is 5.26 Å². The van der Waals surface area contributed by atoms with Gasteiger partial charge < -0.3 is 15.4 Å². The highest BCUT2D eigenvalue weighted by atomic mass is 35.5. The van der Waals surface area contributed by atoms with Crippen LogP contribution in [0.2, 0.25) is 5.02 Å². The molecular formula is C17H15ClN4O2. The van der Waals surface area contributed by atoms with Crippen molar-refractivity contribution in [3.05, 3.63) is 58.9 Å². The number of halogens is 1. The second-order valence-corrected chi connectivity index (χ2v) is 5.19. The van der Waals surface area contributed by atoms with Crippen LogP contribution in [0.15, 0.2) is 48.2 Å². The van der Waals surface area contributed by atoms with Gasteiger partial charge in [0.15, 0.2) is 0 Å². The Balaban J connectivity index is 2.10. The first-order valence-corrected chi connectivity index (χ1v) is 7.36. The second-order valence-electron chi connectivity index (χ2n) is 4.78. The first-order valence-electron chi connectivity index (χ1n) is 6.99. The molecule has 2 rings (SSSR count). The van der Waals surface area contributed by atoms with E-state index in [4.69, 9.17) is 21.6 Å². The number of nitrogens with zero attached hydrogens (tertiary/aromatic N) is 2. The van der Waals surface area contributed by atoms with E-state index in [0.29, 0.717) is 22.3 Å². The molecule has 0 aliphatic carbocycles. The van der Waals surface area contributed by atoms with Crippen molar-refractivity contribution in [1.82, 2.24) is 4.98 Å². The summed E-state index contributed by atoms with van der Waals surface area (Å²) in [4.78, 5) is 16.4. The molecule has 1 aromatic heterocycles. The van der Waals surface area contributed by atoms with Crippen molar-refractivity contribution < 1.29 is 9.53 Å². The van der Waals surface area contributed by atoms with E-state index in [1.165, 1.54) is 13.3 Å². The number of pyridine rings is 1. The molecule has 0 saturated heterocycles. The minimum absolute atomic E-state index is 0.0924. The Morgan fingerprint density at radius 1 is 1.38 bits per heavy atom. The molecule has 0 fully saturated rings. The molecule has 0 unspecified atom stereocenters. The number of ether oxygens (including phenoxy) is 1. The topological polar surface area (TPSA) is 87.0 Å². The number of nitriles is 1. The number of benzene rings is 1. The van der Waals surface area contributed by atoms with E-state index in [9.17, 15) is 4.79 Å². The Morgan fingerprint density at radius 2 is 2.17 bits per heavy atom. The highest BCUT2D eigenvalue weighted by Crippen LogP contribution is 2.27. The number of aromatic nitrogens is 1. The monoisotopic (exact) mass is 342 g/mol. The van der Waals surface area contributed by atoms with Gasteiger partial charge in [0.1, 0.15) is 23.2 Å². The molecule has 6 nitrogen and oxygen atoms in total. The minimum Gasteiger partial charge on any atom is -0.495 e. The van der Waals surface area contributed by atoms with Gasteiger partial charge >= 0.3 is 0 Å². The zero-order valence-electron chi connectivity index (χ0n) is 13.1. The van der Waals surface area contributed by atoms with Crippen molar-refractivity contribution in [3.63, 3.8) is 0 Å². The maximum atomic E-state index is 12.2. The zero-order chi connectivity index (χ0) is 17.5. The fourth-order valence-corrected chi connectivity index (χ4v) is 2.12. The van der Waals surface area contributed by atoms with E-state index in [0.717, 1.165) is 5.69 Å². The fourth-order valence-electron chi connectivity index (χ4n) is 1.86. The average Bonchev–Trinajstić information content (AvgIpc) is 2.55. The van der Waals surface area contributed by atoms with Crippen LogP contribution in [0.25, 0.3) is 0 Å². The molecule has 24 heavy (non-hydrogen) atoms. The van der Waals surface area contributed by atoms with Crippen LogP contribution in [0.4, 0.5) is 11.5 Å². The van der Waals surface area contributed by atoms with Crippen LogP contribution < -0.4 is 15.4 Å². The van der Waals surface area contributed by atoms with E-state index < -0.39 is 5.91 Å². The number of carbonyl (C=O) groups is 1. The number of hydrogen-bond acceptors (Lipinski definition) is 5. The molecule has 0 atom stereocenters. The minimum atomic E-state index is -0.557. The highest BCUT2D eigenvalue weighted by molar-refractivity contribution is 6.32. The SMILES string of the molecule is COc1ccc(NC(=O)/C(C#N)=C\Nc2cccc(C)n2)cc1Cl. The number of carbonyl (C=O) groups excluding carboxylic acids is 1. The first-order chi connectivity index (χ1) is 11.5. The van der Waals surface area contributed by atoms with Crippen LogP contribution in [0.3, 0.4) is 0 Å². The van der Waals surface area contributed by atoms with Gasteiger partial charge in [-0.3, -0.25) is 4.79 Å². The average molecular weight is 343 g/mol. The predicted octanol–water partition coefficient (Wildman–Crippen LogP) is 3.51. The highest BCUT2D eigenvalue weighted by Gasteiger charge is 2.11. The summed E-state index contributed by atoms with van der Waals surface area (Å²) in [5.41, 5.74) is 1.19. The molecule has 2 aromatic rings. The summed E-state index contributed by atoms with van der Waals surface area (Å²) in [5, 5.41) is 15.0. The van der Waals surface area contributed by atoms with Crippen molar-refractivity contribution in [2.24, 2.45) is 0 Å². The molecule has 1 heterocycles. The summed E-state index contributed by atoms with van der Waals surface area (Å²) in [6.07, 6.45) is 1.31. The molecular weight excluding hydrogens is 328 g/mol. The maximum absolute atomic E-state index is 12.2. The Morgan fingerprint density at radius 3 is 2.79 bits per heavy atom. The first kappa shape index (κ1) is 17.3. The second kappa shape index (κ2) is 7.99. The quantitative estimate of drug-likeness (QED) is 0.641. The Kier molecular flexibility index (Phi) is 5.77. The lowest BCUT2D eigenvalue weighted by molar-refractivity contribution is -0.112. The summed E-state index contributed by atoms with van der Waals surface area (Å²) in [5.74, 6) is 0.486. The van der Waals surface area contributed by atoms with E-state index in [1.807, 2.05) is 25.1 Å². The predicted molar refractivity (Wildman–Crippen MR) is 92.9 cm³/mol. The number of aryl methyl sites for hydroxylation is 1. The molecule has 0 saturated carbocycles. The number of anilines is 2. The van der Waals surface area contributed by atoms with E-state index >= 15 is 0 Å². The largest absolute Gasteiger partial charge is 0.495 e. The van der Waals surface area contributed by atoms with Crippen LogP contribution in [0.5, 0.6) is 5.75 Å². The van der Waals surface area contributed by atoms with Crippen molar-refractivity contribution >= 4 is 29.0 Å². The third kappa shape index (κ3) is 4.48. The Hall–Kier alpha value is -3.04. The van der Waals surface area contributed by atoms with E-state index in [-0.39, 0.29) is 5.57 Å². The summed E-state index contributed by atoms with van der Waals surface area (Å²) in [6, 6.07) is 12.1. The van der Waals surface area contributed by atoms with Crippen LogP contribution >= 0.6 is 11.6 Å². The maximum Gasteiger partial charge on any atom is 0.267 e. The molecule has 0 bridgehead atoms. The lowest BCUT2D eigenvalue weighted by Gasteiger charge is -2.08. The van der Waals surface area contributed by atoms with Gasteiger partial charge in [0.2, 0.25) is 0 Å². The normalized spacial score (nSPS) is 10.7. The van der Waals surface area contributed by atoms with Gasteiger partial charge in [0, 0.05) is 17.6 Å². The fraction of sp³-hybridized carbons (Fsp3) is 0.118. The number of nitrogens with one attached hydrogen (secondary N) is 2. The summed E-state index contributed by atoms with van der Waals surface area (Å²) >= 11 is 6.01.